The number of amides is 2. The van der Waals surface area contributed by atoms with E-state index < -0.39 is 70.7 Å². The van der Waals surface area contributed by atoms with E-state index in [0.29, 0.717) is 12.8 Å². The van der Waals surface area contributed by atoms with Crippen LogP contribution in [0.25, 0.3) is 0 Å². The van der Waals surface area contributed by atoms with Gasteiger partial charge >= 0.3 is 11.9 Å². The second kappa shape index (κ2) is 12.6. The van der Waals surface area contributed by atoms with Gasteiger partial charge in [0, 0.05) is 17.8 Å². The van der Waals surface area contributed by atoms with Crippen LogP contribution in [0.15, 0.2) is 0 Å². The van der Waals surface area contributed by atoms with Crippen LogP contribution < -0.4 is 10.6 Å². The molecule has 7 unspecified atom stereocenters. The predicted octanol–water partition coefficient (Wildman–Crippen LogP) is 1.13. The highest BCUT2D eigenvalue weighted by molar-refractivity contribution is 5.87. The van der Waals surface area contributed by atoms with Crippen LogP contribution in [0.4, 0.5) is 0 Å². The average Bonchev–Trinajstić information content (AvgIpc) is 2.78. The number of aliphatic carboxylic acids is 2. The van der Waals surface area contributed by atoms with E-state index in [4.69, 9.17) is 0 Å². The molecule has 34 heavy (non-hydrogen) atoms. The molecule has 0 aromatic heterocycles. The van der Waals surface area contributed by atoms with Gasteiger partial charge in [0.2, 0.25) is 17.9 Å². The number of nitro groups is 1. The zero-order valence-electron chi connectivity index (χ0n) is 19.4. The molecule has 0 aliphatic heterocycles. The van der Waals surface area contributed by atoms with Gasteiger partial charge in [-0.15, -0.1) is 0 Å². The van der Waals surface area contributed by atoms with E-state index in [1.54, 1.807) is 0 Å². The van der Waals surface area contributed by atoms with E-state index in [0.717, 1.165) is 12.8 Å². The van der Waals surface area contributed by atoms with E-state index in [1.807, 2.05) is 6.92 Å². The molecule has 2 fully saturated rings. The van der Waals surface area contributed by atoms with Crippen molar-refractivity contribution >= 4 is 23.8 Å². The molecule has 2 rings (SSSR count). The number of carboxylic acids is 2. The second-order valence-corrected chi connectivity index (χ2v) is 9.39. The normalized spacial score (nSPS) is 30.1. The van der Waals surface area contributed by atoms with Crippen molar-refractivity contribution in [1.82, 2.24) is 10.6 Å². The predicted molar refractivity (Wildman–Crippen MR) is 118 cm³/mol. The highest BCUT2D eigenvalue weighted by Gasteiger charge is 2.44. The number of hydrogen-bond acceptors (Lipinski definition) is 7. The monoisotopic (exact) mass is 485 g/mol. The third kappa shape index (κ3) is 7.37. The van der Waals surface area contributed by atoms with Crippen LogP contribution in [0.5, 0.6) is 0 Å². The minimum atomic E-state index is -1.20. The van der Waals surface area contributed by atoms with Crippen LogP contribution >= 0.6 is 0 Å². The molecule has 0 heterocycles. The van der Waals surface area contributed by atoms with Crippen LogP contribution in [0.2, 0.25) is 0 Å². The maximum atomic E-state index is 13.0. The number of aliphatic hydroxyl groups excluding tert-OH is 1. The zero-order valence-corrected chi connectivity index (χ0v) is 19.4. The molecule has 0 radical (unpaired) electrons. The van der Waals surface area contributed by atoms with Gasteiger partial charge in [0.05, 0.1) is 29.8 Å². The van der Waals surface area contributed by atoms with E-state index in [9.17, 15) is 44.6 Å². The lowest BCUT2D eigenvalue weighted by Gasteiger charge is -2.33. The number of nitrogens with one attached hydrogen (secondary N) is 2. The first kappa shape index (κ1) is 27.5. The van der Waals surface area contributed by atoms with Gasteiger partial charge in [-0.1, -0.05) is 19.8 Å². The first-order valence-electron chi connectivity index (χ1n) is 11.9. The molecule has 5 N–H and O–H groups in total. The van der Waals surface area contributed by atoms with Crippen LogP contribution in [0, 0.1) is 33.8 Å². The van der Waals surface area contributed by atoms with Gasteiger partial charge in [-0.05, 0) is 38.5 Å². The molecule has 2 aliphatic carbocycles. The molecule has 0 spiro atoms. The molecule has 2 saturated carbocycles. The standard InChI is InChI=1S/C22H35N3O9/c1-2-3-4-5-18(24-20(28)17-11-13(26)7-9-15(17)22(31)32)23-19(27)16-10-12(25(33)34)6-8-14(16)21(29)30/h12-18,26H,2-11H2,1H3,(H,23,27)(H,24,28)(H,29,30)(H,31,32). The Hall–Kier alpha value is -2.76. The largest absolute Gasteiger partial charge is 0.481 e. The number of unbranched alkanes of at least 4 members (excludes halogenated alkanes) is 2. The summed E-state index contributed by atoms with van der Waals surface area (Å²) in [5.74, 6) is -7.71. The number of nitrogens with zero attached hydrogens (tertiary/aromatic N) is 1. The van der Waals surface area contributed by atoms with Crippen molar-refractivity contribution in [1.29, 1.82) is 0 Å². The molecule has 12 nitrogen and oxygen atoms in total. The summed E-state index contributed by atoms with van der Waals surface area (Å²) < 4.78 is 0. The highest BCUT2D eigenvalue weighted by Crippen LogP contribution is 2.33. The number of carbonyl (C=O) groups is 4. The molecular weight excluding hydrogens is 450 g/mol. The summed E-state index contributed by atoms with van der Waals surface area (Å²) in [6.07, 6.45) is 1.29. The Morgan fingerprint density at radius 2 is 1.41 bits per heavy atom. The Morgan fingerprint density at radius 1 is 0.882 bits per heavy atom. The zero-order chi connectivity index (χ0) is 25.4. The molecule has 12 heteroatoms. The minimum absolute atomic E-state index is 0.00613. The summed E-state index contributed by atoms with van der Waals surface area (Å²) in [6, 6.07) is -1.01. The molecule has 2 amide bonds. The summed E-state index contributed by atoms with van der Waals surface area (Å²) in [7, 11) is 0. The van der Waals surface area contributed by atoms with Crippen molar-refractivity contribution in [3.8, 4) is 0 Å². The van der Waals surface area contributed by atoms with Gasteiger partial charge in [-0.25, -0.2) is 0 Å². The topological polar surface area (TPSA) is 196 Å². The van der Waals surface area contributed by atoms with Gasteiger partial charge in [-0.3, -0.25) is 29.3 Å². The first-order chi connectivity index (χ1) is 16.0. The Balaban J connectivity index is 2.15. The van der Waals surface area contributed by atoms with Crippen molar-refractivity contribution in [2.45, 2.75) is 89.4 Å². The average molecular weight is 486 g/mol. The maximum Gasteiger partial charge on any atom is 0.307 e. The molecule has 0 saturated heterocycles. The maximum absolute atomic E-state index is 13.0. The summed E-state index contributed by atoms with van der Waals surface area (Å²) in [4.78, 5) is 60.0. The fraction of sp³-hybridized carbons (Fsp3) is 0.818. The van der Waals surface area contributed by atoms with Gasteiger partial charge < -0.3 is 26.0 Å². The molecule has 0 bridgehead atoms. The van der Waals surface area contributed by atoms with E-state index in [-0.39, 0.29) is 38.5 Å². The van der Waals surface area contributed by atoms with E-state index in [2.05, 4.69) is 10.6 Å². The fourth-order valence-corrected chi connectivity index (χ4v) is 5.00. The molecule has 0 aromatic rings. The lowest BCUT2D eigenvalue weighted by molar-refractivity contribution is -0.528. The quantitative estimate of drug-likeness (QED) is 0.123. The van der Waals surface area contributed by atoms with Crippen molar-refractivity contribution in [2.24, 2.45) is 23.7 Å². The van der Waals surface area contributed by atoms with Crippen LogP contribution in [-0.2, 0) is 19.2 Å². The Bertz CT molecular complexity index is 775. The van der Waals surface area contributed by atoms with Gasteiger partial charge in [0.15, 0.2) is 0 Å². The minimum Gasteiger partial charge on any atom is -0.481 e. The summed E-state index contributed by atoms with van der Waals surface area (Å²) in [5, 5.41) is 45.5. The molecule has 7 atom stereocenters. The lowest BCUT2D eigenvalue weighted by atomic mass is 9.76. The summed E-state index contributed by atoms with van der Waals surface area (Å²) in [5.41, 5.74) is 0. The van der Waals surface area contributed by atoms with Crippen LogP contribution in [0.1, 0.15) is 71.1 Å². The third-order valence-corrected chi connectivity index (χ3v) is 6.98. The number of aliphatic hydroxyl groups is 1. The summed E-state index contributed by atoms with van der Waals surface area (Å²) >= 11 is 0. The van der Waals surface area contributed by atoms with E-state index >= 15 is 0 Å². The van der Waals surface area contributed by atoms with Crippen LogP contribution in [0.3, 0.4) is 0 Å². The summed E-state index contributed by atoms with van der Waals surface area (Å²) in [6.45, 7) is 1.98. The second-order valence-electron chi connectivity index (χ2n) is 9.39. The van der Waals surface area contributed by atoms with E-state index in [1.165, 1.54) is 0 Å². The van der Waals surface area contributed by atoms with Crippen LogP contribution in [-0.4, -0.2) is 62.3 Å². The molecule has 2 aliphatic rings. The SMILES string of the molecule is CCCCCC(NC(=O)C1CC(O)CCC1C(=O)O)NC(=O)C1CC([N+](=O)[O-])CCC1C(=O)O. The lowest BCUT2D eigenvalue weighted by Crippen LogP contribution is -2.55. The number of hydrogen-bond donors (Lipinski definition) is 5. The Labute approximate surface area is 197 Å². The number of rotatable bonds is 11. The molecule has 192 valence electrons. The first-order valence-corrected chi connectivity index (χ1v) is 11.9. The highest BCUT2D eigenvalue weighted by atomic mass is 16.6. The van der Waals surface area contributed by atoms with Crippen molar-refractivity contribution < 1.29 is 39.4 Å². The Kier molecular flexibility index (Phi) is 10.2. The van der Waals surface area contributed by atoms with Crippen molar-refractivity contribution in [2.75, 3.05) is 0 Å². The number of carbonyl (C=O) groups excluding carboxylic acids is 2. The third-order valence-electron chi connectivity index (χ3n) is 6.98. The van der Waals surface area contributed by atoms with Gasteiger partial charge in [-0.2, -0.15) is 0 Å². The Morgan fingerprint density at radius 3 is 1.91 bits per heavy atom. The number of carboxylic acid groups (broad SMARTS) is 2. The smallest absolute Gasteiger partial charge is 0.307 e. The van der Waals surface area contributed by atoms with Crippen molar-refractivity contribution in [3.05, 3.63) is 10.1 Å². The van der Waals surface area contributed by atoms with Crippen molar-refractivity contribution in [3.63, 3.8) is 0 Å². The molecule has 0 aromatic carbocycles. The fourth-order valence-electron chi connectivity index (χ4n) is 5.00. The van der Waals surface area contributed by atoms with Gasteiger partial charge in [0.1, 0.15) is 6.17 Å². The molecular formula is C22H35N3O9. The van der Waals surface area contributed by atoms with Gasteiger partial charge in [0.25, 0.3) is 0 Å².